The van der Waals surface area contributed by atoms with Crippen LogP contribution in [-0.2, 0) is 4.79 Å². The number of nitrogens with zero attached hydrogens (tertiary/aromatic N) is 3. The van der Waals surface area contributed by atoms with Gasteiger partial charge in [-0.25, -0.2) is 0 Å². The molecule has 148 valence electrons. The maximum atomic E-state index is 12.4. The molecule has 0 atom stereocenters. The van der Waals surface area contributed by atoms with Crippen LogP contribution in [0.5, 0.6) is 11.5 Å². The third kappa shape index (κ3) is 4.51. The molecule has 0 saturated carbocycles. The van der Waals surface area contributed by atoms with Crippen molar-refractivity contribution in [3.63, 3.8) is 0 Å². The Hall–Kier alpha value is -3.29. The van der Waals surface area contributed by atoms with Crippen molar-refractivity contribution in [2.45, 2.75) is 6.42 Å². The normalized spacial score (nSPS) is 13.9. The first-order chi connectivity index (χ1) is 13.6. The van der Waals surface area contributed by atoms with Crippen LogP contribution in [0.2, 0.25) is 0 Å². The molecule has 0 N–H and O–H groups in total. The monoisotopic (exact) mass is 385 g/mol. The fourth-order valence-corrected chi connectivity index (χ4v) is 3.23. The van der Waals surface area contributed by atoms with Gasteiger partial charge in [0.05, 0.1) is 25.1 Å². The van der Waals surface area contributed by atoms with Crippen molar-refractivity contribution in [2.75, 3.05) is 44.8 Å². The molecule has 0 bridgehead atoms. The van der Waals surface area contributed by atoms with Crippen molar-refractivity contribution in [1.82, 2.24) is 4.90 Å². The highest BCUT2D eigenvalue weighted by Crippen LogP contribution is 2.28. The zero-order chi connectivity index (χ0) is 19.9. The Bertz CT molecular complexity index is 834. The number of methoxy groups -OCH3 is 1. The van der Waals surface area contributed by atoms with Gasteiger partial charge >= 0.3 is 0 Å². The van der Waals surface area contributed by atoms with E-state index in [0.29, 0.717) is 43.4 Å². The fraction of sp³-hybridized carbons (Fsp3) is 0.350. The first kappa shape index (κ1) is 19.5. The van der Waals surface area contributed by atoms with E-state index in [2.05, 4.69) is 0 Å². The summed E-state index contributed by atoms with van der Waals surface area (Å²) in [7, 11) is 1.57. The van der Waals surface area contributed by atoms with E-state index in [-0.39, 0.29) is 29.5 Å². The van der Waals surface area contributed by atoms with Crippen molar-refractivity contribution < 1.29 is 19.2 Å². The molecule has 2 aromatic carbocycles. The number of nitro benzene ring substituents is 1. The number of hydrogen-bond donors (Lipinski definition) is 0. The summed E-state index contributed by atoms with van der Waals surface area (Å²) in [6.07, 6.45) is 0.267. The van der Waals surface area contributed by atoms with Gasteiger partial charge in [0.2, 0.25) is 5.91 Å². The van der Waals surface area contributed by atoms with E-state index in [4.69, 9.17) is 9.47 Å². The fourth-order valence-electron chi connectivity index (χ4n) is 3.23. The van der Waals surface area contributed by atoms with Crippen molar-refractivity contribution in [3.8, 4) is 11.5 Å². The summed E-state index contributed by atoms with van der Waals surface area (Å²) in [5.74, 6) is 1.25. The van der Waals surface area contributed by atoms with Crippen LogP contribution in [-0.4, -0.2) is 55.6 Å². The number of benzene rings is 2. The average molecular weight is 385 g/mol. The number of carbonyl (C=O) groups is 1. The summed E-state index contributed by atoms with van der Waals surface area (Å²) in [5.41, 5.74) is 0.687. The molecule has 28 heavy (non-hydrogen) atoms. The second-order valence-electron chi connectivity index (χ2n) is 6.36. The van der Waals surface area contributed by atoms with Gasteiger partial charge in [-0.3, -0.25) is 14.9 Å². The van der Waals surface area contributed by atoms with Gasteiger partial charge in [0.25, 0.3) is 5.69 Å². The van der Waals surface area contributed by atoms with Crippen molar-refractivity contribution >= 4 is 17.3 Å². The lowest BCUT2D eigenvalue weighted by Crippen LogP contribution is -2.49. The quantitative estimate of drug-likeness (QED) is 0.538. The molecule has 1 amide bonds. The SMILES string of the molecule is COc1ccccc1OCCC(=O)N1CCN(c2ccccc2[N+](=O)[O-])CC1. The van der Waals surface area contributed by atoms with Gasteiger partial charge in [0.15, 0.2) is 11.5 Å². The molecule has 8 heteroatoms. The molecule has 0 aromatic heterocycles. The Kier molecular flexibility index (Phi) is 6.31. The summed E-state index contributed by atoms with van der Waals surface area (Å²) < 4.78 is 10.9. The average Bonchev–Trinajstić information content (AvgIpc) is 2.74. The predicted molar refractivity (Wildman–Crippen MR) is 105 cm³/mol. The molecule has 0 spiro atoms. The highest BCUT2D eigenvalue weighted by molar-refractivity contribution is 5.77. The Labute approximate surface area is 163 Å². The number of piperazine rings is 1. The number of ether oxygens (including phenoxy) is 2. The van der Waals surface area contributed by atoms with Crippen LogP contribution in [0.25, 0.3) is 0 Å². The minimum absolute atomic E-state index is 0.0112. The third-order valence-corrected chi connectivity index (χ3v) is 4.69. The zero-order valence-corrected chi connectivity index (χ0v) is 15.7. The second kappa shape index (κ2) is 9.07. The number of amides is 1. The summed E-state index contributed by atoms with van der Waals surface area (Å²) in [5, 5.41) is 11.2. The molecule has 1 saturated heterocycles. The maximum absolute atomic E-state index is 12.4. The minimum Gasteiger partial charge on any atom is -0.493 e. The van der Waals surface area contributed by atoms with Crippen LogP contribution in [0.3, 0.4) is 0 Å². The lowest BCUT2D eigenvalue weighted by atomic mass is 10.2. The second-order valence-corrected chi connectivity index (χ2v) is 6.36. The molecule has 1 heterocycles. The Balaban J connectivity index is 1.50. The Morgan fingerprint density at radius 2 is 1.68 bits per heavy atom. The van der Waals surface area contributed by atoms with E-state index in [1.165, 1.54) is 6.07 Å². The van der Waals surface area contributed by atoms with Gasteiger partial charge in [-0.15, -0.1) is 0 Å². The van der Waals surface area contributed by atoms with Gasteiger partial charge in [0, 0.05) is 32.2 Å². The lowest BCUT2D eigenvalue weighted by Gasteiger charge is -2.35. The molecule has 0 aliphatic carbocycles. The van der Waals surface area contributed by atoms with E-state index in [9.17, 15) is 14.9 Å². The number of para-hydroxylation sites is 4. The summed E-state index contributed by atoms with van der Waals surface area (Å²) >= 11 is 0. The number of anilines is 1. The van der Waals surface area contributed by atoms with Gasteiger partial charge in [0.1, 0.15) is 5.69 Å². The first-order valence-electron chi connectivity index (χ1n) is 9.12. The smallest absolute Gasteiger partial charge is 0.292 e. The predicted octanol–water partition coefficient (Wildman–Crippen LogP) is 2.72. The Morgan fingerprint density at radius 1 is 1.04 bits per heavy atom. The molecule has 1 aliphatic rings. The van der Waals surface area contributed by atoms with Crippen molar-refractivity contribution in [1.29, 1.82) is 0 Å². The molecule has 0 unspecified atom stereocenters. The third-order valence-electron chi connectivity index (χ3n) is 4.69. The number of nitro groups is 1. The Morgan fingerprint density at radius 3 is 2.36 bits per heavy atom. The van der Waals surface area contributed by atoms with Crippen LogP contribution in [0.4, 0.5) is 11.4 Å². The molecule has 8 nitrogen and oxygen atoms in total. The largest absolute Gasteiger partial charge is 0.493 e. The molecule has 0 radical (unpaired) electrons. The standard InChI is InChI=1S/C20H23N3O5/c1-27-18-8-4-5-9-19(18)28-15-10-20(24)22-13-11-21(12-14-22)16-6-2-3-7-17(16)23(25)26/h2-9H,10-15H2,1H3. The molecule has 1 fully saturated rings. The van der Waals surface area contributed by atoms with Crippen molar-refractivity contribution in [3.05, 3.63) is 58.6 Å². The summed E-state index contributed by atoms with van der Waals surface area (Å²) in [4.78, 5) is 27.0. The van der Waals surface area contributed by atoms with Crippen LogP contribution < -0.4 is 14.4 Å². The molecule has 2 aromatic rings. The van der Waals surface area contributed by atoms with E-state index in [0.717, 1.165) is 0 Å². The van der Waals surface area contributed by atoms with Crippen LogP contribution in [0.15, 0.2) is 48.5 Å². The van der Waals surface area contributed by atoms with E-state index in [1.54, 1.807) is 42.3 Å². The van der Waals surface area contributed by atoms with Crippen LogP contribution in [0.1, 0.15) is 6.42 Å². The summed E-state index contributed by atoms with van der Waals surface area (Å²) in [6.45, 7) is 2.44. The van der Waals surface area contributed by atoms with Gasteiger partial charge in [-0.05, 0) is 18.2 Å². The van der Waals surface area contributed by atoms with E-state index >= 15 is 0 Å². The number of rotatable bonds is 7. The van der Waals surface area contributed by atoms with E-state index in [1.807, 2.05) is 17.0 Å². The molecular formula is C20H23N3O5. The molecule has 1 aliphatic heterocycles. The zero-order valence-electron chi connectivity index (χ0n) is 15.7. The van der Waals surface area contributed by atoms with Crippen LogP contribution >= 0.6 is 0 Å². The maximum Gasteiger partial charge on any atom is 0.292 e. The first-order valence-corrected chi connectivity index (χ1v) is 9.12. The van der Waals surface area contributed by atoms with Gasteiger partial charge in [-0.2, -0.15) is 0 Å². The topological polar surface area (TPSA) is 85.2 Å². The summed E-state index contributed by atoms with van der Waals surface area (Å²) in [6, 6.07) is 14.0. The van der Waals surface area contributed by atoms with E-state index < -0.39 is 0 Å². The van der Waals surface area contributed by atoms with Gasteiger partial charge < -0.3 is 19.3 Å². The number of hydrogen-bond acceptors (Lipinski definition) is 6. The minimum atomic E-state index is -0.373. The molecular weight excluding hydrogens is 362 g/mol. The molecule has 3 rings (SSSR count). The number of carbonyl (C=O) groups excluding carboxylic acids is 1. The van der Waals surface area contributed by atoms with Gasteiger partial charge in [-0.1, -0.05) is 24.3 Å². The highest BCUT2D eigenvalue weighted by atomic mass is 16.6. The van der Waals surface area contributed by atoms with Crippen LogP contribution in [0, 0.1) is 10.1 Å². The highest BCUT2D eigenvalue weighted by Gasteiger charge is 2.25. The van der Waals surface area contributed by atoms with Crippen molar-refractivity contribution in [2.24, 2.45) is 0 Å². The lowest BCUT2D eigenvalue weighted by molar-refractivity contribution is -0.384.